The first-order chi connectivity index (χ1) is 12.0. The van der Waals surface area contributed by atoms with Crippen molar-refractivity contribution in [2.75, 3.05) is 25.0 Å². The lowest BCUT2D eigenvalue weighted by Gasteiger charge is -2.25. The first-order valence-corrected chi connectivity index (χ1v) is 8.65. The van der Waals surface area contributed by atoms with Gasteiger partial charge in [-0.05, 0) is 49.0 Å². The third-order valence-corrected chi connectivity index (χ3v) is 4.19. The Bertz CT molecular complexity index is 741. The van der Waals surface area contributed by atoms with E-state index in [4.69, 9.17) is 5.26 Å². The maximum Gasteiger partial charge on any atom is 0.241 e. The van der Waals surface area contributed by atoms with Gasteiger partial charge in [0.05, 0.1) is 19.0 Å². The van der Waals surface area contributed by atoms with E-state index in [1.54, 1.807) is 12.1 Å². The van der Waals surface area contributed by atoms with E-state index in [-0.39, 0.29) is 31.2 Å². The number of likely N-dealkylation sites (N-methyl/N-ethyl adjacent to an activating group) is 1. The monoisotopic (exact) mass is 403 g/mol. The van der Waals surface area contributed by atoms with Gasteiger partial charge in [0.25, 0.3) is 0 Å². The van der Waals surface area contributed by atoms with Gasteiger partial charge in [-0.25, -0.2) is 4.39 Å². The van der Waals surface area contributed by atoms with E-state index in [9.17, 15) is 9.18 Å². The number of rotatable bonds is 7. The van der Waals surface area contributed by atoms with Crippen LogP contribution in [0, 0.1) is 17.1 Å². The molecule has 0 radical (unpaired) electrons. The summed E-state index contributed by atoms with van der Waals surface area (Å²) in [7, 11) is 1.87. The number of hydrogen-bond donors (Lipinski definition) is 0. The van der Waals surface area contributed by atoms with E-state index in [1.807, 2.05) is 42.3 Å². The number of nitrogens with zero attached hydrogens (tertiary/aromatic N) is 3. The fourth-order valence-corrected chi connectivity index (χ4v) is 2.72. The lowest BCUT2D eigenvalue weighted by Crippen LogP contribution is -2.39. The van der Waals surface area contributed by atoms with Gasteiger partial charge in [-0.3, -0.25) is 9.69 Å². The molecule has 25 heavy (non-hydrogen) atoms. The average molecular weight is 404 g/mol. The number of benzene rings is 2. The van der Waals surface area contributed by atoms with E-state index < -0.39 is 0 Å². The molecule has 0 bridgehead atoms. The van der Waals surface area contributed by atoms with Crippen molar-refractivity contribution in [3.63, 3.8) is 0 Å². The maximum atomic E-state index is 13.1. The van der Waals surface area contributed by atoms with E-state index >= 15 is 0 Å². The lowest BCUT2D eigenvalue weighted by atomic mass is 10.2. The van der Waals surface area contributed by atoms with Crippen LogP contribution in [0.3, 0.4) is 0 Å². The van der Waals surface area contributed by atoms with Gasteiger partial charge in [0.2, 0.25) is 5.91 Å². The lowest BCUT2D eigenvalue weighted by molar-refractivity contribution is -0.119. The molecule has 6 heteroatoms. The van der Waals surface area contributed by atoms with Crippen LogP contribution in [0.2, 0.25) is 0 Å². The summed E-state index contributed by atoms with van der Waals surface area (Å²) in [5.41, 5.74) is 1.70. The zero-order valence-corrected chi connectivity index (χ0v) is 15.5. The standard InChI is InChI=1S/C19H19BrFN3O/c1-23(13-15-3-5-16(20)6-4-15)14-19(25)24(12-2-11-22)18-9-7-17(21)8-10-18/h3-10H,2,12-14H2,1H3. The molecule has 0 aliphatic rings. The Morgan fingerprint density at radius 1 is 1.16 bits per heavy atom. The van der Waals surface area contributed by atoms with Crippen molar-refractivity contribution in [2.24, 2.45) is 0 Å². The minimum Gasteiger partial charge on any atom is -0.310 e. The Hall–Kier alpha value is -2.23. The summed E-state index contributed by atoms with van der Waals surface area (Å²) in [5.74, 6) is -0.481. The fourth-order valence-electron chi connectivity index (χ4n) is 2.45. The molecule has 0 saturated carbocycles. The Morgan fingerprint density at radius 3 is 2.40 bits per heavy atom. The van der Waals surface area contributed by atoms with Crippen LogP contribution in [0.5, 0.6) is 0 Å². The average Bonchev–Trinajstić information content (AvgIpc) is 2.58. The minimum atomic E-state index is -0.358. The molecule has 2 aromatic rings. The van der Waals surface area contributed by atoms with Gasteiger partial charge in [-0.15, -0.1) is 0 Å². The molecule has 4 nitrogen and oxygen atoms in total. The molecule has 0 saturated heterocycles. The van der Waals surface area contributed by atoms with Gasteiger partial charge in [-0.2, -0.15) is 5.26 Å². The molecule has 0 aromatic heterocycles. The maximum absolute atomic E-state index is 13.1. The fraction of sp³-hybridized carbons (Fsp3) is 0.263. The zero-order chi connectivity index (χ0) is 18.2. The molecule has 0 aliphatic carbocycles. The number of carbonyl (C=O) groups is 1. The molecule has 130 valence electrons. The molecule has 2 aromatic carbocycles. The number of hydrogen-bond acceptors (Lipinski definition) is 3. The quantitative estimate of drug-likeness (QED) is 0.702. The third kappa shape index (κ3) is 5.96. The predicted molar refractivity (Wildman–Crippen MR) is 99.5 cm³/mol. The van der Waals surface area contributed by atoms with Crippen LogP contribution >= 0.6 is 15.9 Å². The van der Waals surface area contributed by atoms with Gasteiger partial charge in [0.1, 0.15) is 5.82 Å². The SMILES string of the molecule is CN(CC(=O)N(CCC#N)c1ccc(F)cc1)Cc1ccc(Br)cc1. The van der Waals surface area contributed by atoms with Crippen LogP contribution in [-0.4, -0.2) is 30.9 Å². The molecule has 0 fully saturated rings. The van der Waals surface area contributed by atoms with Crippen molar-refractivity contribution in [1.82, 2.24) is 4.90 Å². The van der Waals surface area contributed by atoms with Crippen molar-refractivity contribution < 1.29 is 9.18 Å². The minimum absolute atomic E-state index is 0.124. The Labute approximate surface area is 155 Å². The van der Waals surface area contributed by atoms with E-state index in [0.717, 1.165) is 10.0 Å². The van der Waals surface area contributed by atoms with Gasteiger partial charge in [-0.1, -0.05) is 28.1 Å². The first kappa shape index (κ1) is 19.1. The van der Waals surface area contributed by atoms with Crippen molar-refractivity contribution in [3.05, 3.63) is 64.4 Å². The number of halogens is 2. The highest BCUT2D eigenvalue weighted by Gasteiger charge is 2.17. The molecule has 0 aliphatic heterocycles. The Balaban J connectivity index is 2.04. The van der Waals surface area contributed by atoms with Gasteiger partial charge in [0, 0.05) is 23.2 Å². The van der Waals surface area contributed by atoms with Crippen molar-refractivity contribution in [2.45, 2.75) is 13.0 Å². The van der Waals surface area contributed by atoms with E-state index in [0.29, 0.717) is 12.2 Å². The van der Waals surface area contributed by atoms with Crippen LogP contribution < -0.4 is 4.90 Å². The second-order valence-electron chi connectivity index (χ2n) is 5.73. The molecule has 0 spiro atoms. The molecule has 1 amide bonds. The van der Waals surface area contributed by atoms with Gasteiger partial charge < -0.3 is 4.90 Å². The summed E-state index contributed by atoms with van der Waals surface area (Å²) < 4.78 is 14.1. The number of carbonyl (C=O) groups excluding carboxylic acids is 1. The summed E-state index contributed by atoms with van der Waals surface area (Å²) in [5, 5.41) is 8.82. The first-order valence-electron chi connectivity index (χ1n) is 7.85. The van der Waals surface area contributed by atoms with Crippen molar-refractivity contribution in [1.29, 1.82) is 5.26 Å². The summed E-state index contributed by atoms with van der Waals surface area (Å²) in [4.78, 5) is 16.1. The highest BCUT2D eigenvalue weighted by atomic mass is 79.9. The molecule has 0 heterocycles. The van der Waals surface area contributed by atoms with Crippen LogP contribution in [0.1, 0.15) is 12.0 Å². The number of amides is 1. The number of nitriles is 1. The summed E-state index contributed by atoms with van der Waals surface area (Å²) in [6.07, 6.45) is 0.222. The van der Waals surface area contributed by atoms with Gasteiger partial charge >= 0.3 is 0 Å². The molecular formula is C19H19BrFN3O. The second-order valence-corrected chi connectivity index (χ2v) is 6.64. The van der Waals surface area contributed by atoms with Gasteiger partial charge in [0.15, 0.2) is 0 Å². The topological polar surface area (TPSA) is 47.3 Å². The summed E-state index contributed by atoms with van der Waals surface area (Å²) >= 11 is 3.40. The normalized spacial score (nSPS) is 10.5. The van der Waals surface area contributed by atoms with E-state index in [2.05, 4.69) is 15.9 Å². The largest absolute Gasteiger partial charge is 0.310 e. The molecule has 0 atom stereocenters. The summed E-state index contributed by atoms with van der Waals surface area (Å²) in [6, 6.07) is 15.7. The number of anilines is 1. The molecule has 2 rings (SSSR count). The summed E-state index contributed by atoms with van der Waals surface area (Å²) in [6.45, 7) is 1.13. The highest BCUT2D eigenvalue weighted by molar-refractivity contribution is 9.10. The second kappa shape index (κ2) is 9.30. The molecule has 0 N–H and O–H groups in total. The molecule has 0 unspecified atom stereocenters. The zero-order valence-electron chi connectivity index (χ0n) is 14.0. The van der Waals surface area contributed by atoms with Crippen LogP contribution in [-0.2, 0) is 11.3 Å². The van der Waals surface area contributed by atoms with Crippen molar-refractivity contribution in [3.8, 4) is 6.07 Å². The smallest absolute Gasteiger partial charge is 0.241 e. The van der Waals surface area contributed by atoms with Crippen molar-refractivity contribution >= 4 is 27.5 Å². The highest BCUT2D eigenvalue weighted by Crippen LogP contribution is 2.16. The third-order valence-electron chi connectivity index (χ3n) is 3.66. The van der Waals surface area contributed by atoms with Crippen LogP contribution in [0.4, 0.5) is 10.1 Å². The van der Waals surface area contributed by atoms with Crippen LogP contribution in [0.15, 0.2) is 53.0 Å². The Morgan fingerprint density at radius 2 is 1.80 bits per heavy atom. The molecular weight excluding hydrogens is 385 g/mol. The van der Waals surface area contributed by atoms with E-state index in [1.165, 1.54) is 17.0 Å². The van der Waals surface area contributed by atoms with Crippen LogP contribution in [0.25, 0.3) is 0 Å². The Kier molecular flexibility index (Phi) is 7.11. The predicted octanol–water partition coefficient (Wildman–Crippen LogP) is 3.97.